The van der Waals surface area contributed by atoms with E-state index in [0.29, 0.717) is 0 Å². The van der Waals surface area contributed by atoms with E-state index in [1.165, 1.54) is 19.1 Å². The zero-order valence-electron chi connectivity index (χ0n) is 11.6. The molecule has 0 spiro atoms. The van der Waals surface area contributed by atoms with Crippen LogP contribution in [-0.2, 0) is 9.84 Å². The molecule has 0 radical (unpaired) electrons. The summed E-state index contributed by atoms with van der Waals surface area (Å²) in [5.41, 5.74) is 0.216. The molecule has 2 atom stereocenters. The maximum Gasteiger partial charge on any atom is 0.180 e. The highest BCUT2D eigenvalue weighted by molar-refractivity contribution is 7.93. The van der Waals surface area contributed by atoms with Crippen LogP contribution in [0.15, 0.2) is 24.3 Å². The third kappa shape index (κ3) is 3.41. The molecule has 19 heavy (non-hydrogen) atoms. The van der Waals surface area contributed by atoms with Gasteiger partial charge in [0.05, 0.1) is 5.25 Å². The molecule has 0 fully saturated rings. The summed E-state index contributed by atoms with van der Waals surface area (Å²) in [5, 5.41) is -1.71. The van der Waals surface area contributed by atoms with Crippen LogP contribution in [0.3, 0.4) is 0 Å². The monoisotopic (exact) mass is 286 g/mol. The van der Waals surface area contributed by atoms with Gasteiger partial charge in [-0.05, 0) is 44.0 Å². The van der Waals surface area contributed by atoms with E-state index in [-0.39, 0.29) is 11.5 Å². The van der Waals surface area contributed by atoms with E-state index in [0.717, 1.165) is 12.1 Å². The summed E-state index contributed by atoms with van der Waals surface area (Å²) in [6.07, 6.45) is 0. The van der Waals surface area contributed by atoms with Crippen molar-refractivity contribution in [3.8, 4) is 0 Å². The van der Waals surface area contributed by atoms with Crippen LogP contribution >= 0.6 is 0 Å². The Morgan fingerprint density at radius 2 is 1.53 bits per heavy atom. The number of hydrogen-bond acceptors (Lipinski definition) is 3. The number of carbonyl (C=O) groups excluding carboxylic acids is 1. The first-order valence-electron chi connectivity index (χ1n) is 6.20. The first kappa shape index (κ1) is 15.8. The molecule has 0 aliphatic rings. The lowest BCUT2D eigenvalue weighted by Crippen LogP contribution is -2.36. The Labute approximate surface area is 113 Å². The number of ketones is 1. The van der Waals surface area contributed by atoms with Gasteiger partial charge in [0.2, 0.25) is 0 Å². The zero-order chi connectivity index (χ0) is 14.8. The van der Waals surface area contributed by atoms with Crippen molar-refractivity contribution in [1.82, 2.24) is 0 Å². The van der Waals surface area contributed by atoms with Gasteiger partial charge in [0.1, 0.15) is 11.1 Å². The Morgan fingerprint density at radius 3 is 1.95 bits per heavy atom. The number of benzene rings is 1. The minimum Gasteiger partial charge on any atom is -0.293 e. The average Bonchev–Trinajstić information content (AvgIpc) is 2.36. The highest BCUT2D eigenvalue weighted by Gasteiger charge is 2.34. The number of rotatable bonds is 5. The van der Waals surface area contributed by atoms with E-state index in [4.69, 9.17) is 0 Å². The molecule has 5 heteroatoms. The van der Waals surface area contributed by atoms with Gasteiger partial charge in [-0.15, -0.1) is 0 Å². The molecular weight excluding hydrogens is 267 g/mol. The maximum atomic E-state index is 12.8. The molecule has 0 bridgehead atoms. The predicted molar refractivity (Wildman–Crippen MR) is 73.4 cm³/mol. The maximum absolute atomic E-state index is 12.8. The first-order chi connectivity index (χ1) is 8.67. The van der Waals surface area contributed by atoms with E-state index in [1.807, 2.05) is 0 Å². The molecule has 0 N–H and O–H groups in total. The quantitative estimate of drug-likeness (QED) is 0.782. The molecule has 1 rings (SSSR count). The summed E-state index contributed by atoms with van der Waals surface area (Å²) in [7, 11) is -3.54. The molecule has 0 saturated heterocycles. The standard InChI is InChI=1S/C14H19FO3S/c1-9(2)10(3)19(17,18)11(4)14(16)12-5-7-13(15)8-6-12/h5-11H,1-4H3. The first-order valence-corrected chi connectivity index (χ1v) is 7.81. The molecule has 0 aromatic heterocycles. The van der Waals surface area contributed by atoms with Crippen LogP contribution in [0.4, 0.5) is 4.39 Å². The van der Waals surface area contributed by atoms with Crippen LogP contribution in [-0.4, -0.2) is 24.7 Å². The molecule has 0 saturated carbocycles. The average molecular weight is 286 g/mol. The molecule has 2 unspecified atom stereocenters. The smallest absolute Gasteiger partial charge is 0.180 e. The number of halogens is 1. The molecule has 0 aliphatic carbocycles. The minimum atomic E-state index is -3.54. The number of sulfone groups is 1. The topological polar surface area (TPSA) is 51.2 Å². The van der Waals surface area contributed by atoms with Crippen molar-refractivity contribution in [3.63, 3.8) is 0 Å². The van der Waals surface area contributed by atoms with Crippen molar-refractivity contribution >= 4 is 15.6 Å². The molecule has 1 aromatic carbocycles. The Kier molecular flexibility index (Phi) is 4.85. The lowest BCUT2D eigenvalue weighted by molar-refractivity contribution is 0.0991. The van der Waals surface area contributed by atoms with Crippen LogP contribution in [0.1, 0.15) is 38.1 Å². The predicted octanol–water partition coefficient (Wildman–Crippen LogP) is 2.86. The zero-order valence-corrected chi connectivity index (χ0v) is 12.4. The van der Waals surface area contributed by atoms with Gasteiger partial charge in [0.25, 0.3) is 0 Å². The third-order valence-corrected chi connectivity index (χ3v) is 6.23. The third-order valence-electron chi connectivity index (χ3n) is 3.45. The fourth-order valence-corrected chi connectivity index (χ4v) is 3.54. The molecular formula is C14H19FO3S. The van der Waals surface area contributed by atoms with Crippen molar-refractivity contribution in [1.29, 1.82) is 0 Å². The number of Topliss-reactive ketones (excluding diaryl/α,β-unsaturated/α-hetero) is 1. The lowest BCUT2D eigenvalue weighted by Gasteiger charge is -2.20. The minimum absolute atomic E-state index is 0.0616. The summed E-state index contributed by atoms with van der Waals surface area (Å²) in [4.78, 5) is 12.1. The lowest BCUT2D eigenvalue weighted by atomic mass is 10.1. The Hall–Kier alpha value is -1.23. The normalized spacial score (nSPS) is 15.3. The van der Waals surface area contributed by atoms with Gasteiger partial charge in [-0.2, -0.15) is 0 Å². The number of hydrogen-bond donors (Lipinski definition) is 0. The van der Waals surface area contributed by atoms with E-state index >= 15 is 0 Å². The van der Waals surface area contributed by atoms with Crippen molar-refractivity contribution in [2.24, 2.45) is 5.92 Å². The summed E-state index contributed by atoms with van der Waals surface area (Å²) >= 11 is 0. The number of carbonyl (C=O) groups is 1. The fraction of sp³-hybridized carbons (Fsp3) is 0.500. The fourth-order valence-electron chi connectivity index (χ4n) is 1.70. The molecule has 3 nitrogen and oxygen atoms in total. The highest BCUT2D eigenvalue weighted by Crippen LogP contribution is 2.20. The van der Waals surface area contributed by atoms with Crippen LogP contribution in [0, 0.1) is 11.7 Å². The van der Waals surface area contributed by atoms with Gasteiger partial charge in [-0.3, -0.25) is 4.79 Å². The van der Waals surface area contributed by atoms with Crippen LogP contribution in [0.25, 0.3) is 0 Å². The SMILES string of the molecule is CC(C)C(C)S(=O)(=O)C(C)C(=O)c1ccc(F)cc1. The van der Waals surface area contributed by atoms with Gasteiger partial charge >= 0.3 is 0 Å². The van der Waals surface area contributed by atoms with E-state index < -0.39 is 31.9 Å². The summed E-state index contributed by atoms with van der Waals surface area (Å²) < 4.78 is 37.3. The molecule has 0 aliphatic heterocycles. The Morgan fingerprint density at radius 1 is 1.05 bits per heavy atom. The second kappa shape index (κ2) is 5.82. The molecule has 0 amide bonds. The molecule has 0 heterocycles. The van der Waals surface area contributed by atoms with Gasteiger partial charge in [0, 0.05) is 5.56 Å². The van der Waals surface area contributed by atoms with E-state index in [1.54, 1.807) is 20.8 Å². The highest BCUT2D eigenvalue weighted by atomic mass is 32.2. The van der Waals surface area contributed by atoms with Crippen molar-refractivity contribution in [2.75, 3.05) is 0 Å². The van der Waals surface area contributed by atoms with E-state index in [2.05, 4.69) is 0 Å². The van der Waals surface area contributed by atoms with Crippen molar-refractivity contribution in [3.05, 3.63) is 35.6 Å². The summed E-state index contributed by atoms with van der Waals surface area (Å²) in [6, 6.07) is 4.92. The Balaban J connectivity index is 3.03. The van der Waals surface area contributed by atoms with Gasteiger partial charge < -0.3 is 0 Å². The van der Waals surface area contributed by atoms with Crippen LogP contribution in [0.5, 0.6) is 0 Å². The molecule has 106 valence electrons. The molecule has 1 aromatic rings. The second-order valence-corrected chi connectivity index (χ2v) is 7.68. The van der Waals surface area contributed by atoms with Gasteiger partial charge in [-0.25, -0.2) is 12.8 Å². The summed E-state index contributed by atoms with van der Waals surface area (Å²) in [6.45, 7) is 6.60. The summed E-state index contributed by atoms with van der Waals surface area (Å²) in [5.74, 6) is -1.01. The largest absolute Gasteiger partial charge is 0.293 e. The van der Waals surface area contributed by atoms with Gasteiger partial charge in [0.15, 0.2) is 15.6 Å². The van der Waals surface area contributed by atoms with Crippen LogP contribution < -0.4 is 0 Å². The Bertz CT molecular complexity index is 547. The van der Waals surface area contributed by atoms with Crippen molar-refractivity contribution < 1.29 is 17.6 Å². The second-order valence-electron chi connectivity index (χ2n) is 5.05. The van der Waals surface area contributed by atoms with Gasteiger partial charge in [-0.1, -0.05) is 13.8 Å². The van der Waals surface area contributed by atoms with Crippen LogP contribution in [0.2, 0.25) is 0 Å². The van der Waals surface area contributed by atoms with E-state index in [9.17, 15) is 17.6 Å². The van der Waals surface area contributed by atoms with Crippen molar-refractivity contribution in [2.45, 2.75) is 38.2 Å².